The average Bonchev–Trinajstić information content (AvgIpc) is 2.64. The normalized spacial score (nSPS) is 19.8. The van der Waals surface area contributed by atoms with Gasteiger partial charge in [0.25, 0.3) is 0 Å². The van der Waals surface area contributed by atoms with Crippen LogP contribution in [-0.2, 0) is 24.0 Å². The predicted octanol–water partition coefficient (Wildman–Crippen LogP) is 3.60. The van der Waals surface area contributed by atoms with E-state index >= 15 is 0 Å². The minimum Gasteiger partial charge on any atom is -0.492 e. The maximum atomic E-state index is 13.1. The Morgan fingerprint density at radius 3 is 2.69 bits per heavy atom. The van der Waals surface area contributed by atoms with Gasteiger partial charge in [-0.2, -0.15) is 13.2 Å². The number of carbonyl (C=O) groups is 1. The first-order chi connectivity index (χ1) is 13.8. The van der Waals surface area contributed by atoms with E-state index in [0.29, 0.717) is 31.2 Å². The van der Waals surface area contributed by atoms with Gasteiger partial charge in [0, 0.05) is 30.8 Å². The van der Waals surface area contributed by atoms with Crippen LogP contribution in [0.15, 0.2) is 42.5 Å². The van der Waals surface area contributed by atoms with Gasteiger partial charge in [-0.05, 0) is 24.1 Å². The molecule has 2 aliphatic heterocycles. The van der Waals surface area contributed by atoms with Gasteiger partial charge in [-0.15, -0.1) is 0 Å². The summed E-state index contributed by atoms with van der Waals surface area (Å²) in [6.45, 7) is 1.30. The molecule has 4 rings (SSSR count). The maximum Gasteiger partial charge on any atom is 0.416 e. The molecular formula is C21H20F3NO4. The lowest BCUT2D eigenvalue weighted by atomic mass is 9.93. The number of fused-ring (bicyclic) bond motifs is 1. The lowest BCUT2D eigenvalue weighted by molar-refractivity contribution is -0.149. The Hall–Kier alpha value is -2.74. The Labute approximate surface area is 165 Å². The summed E-state index contributed by atoms with van der Waals surface area (Å²) in [7, 11) is 0. The zero-order valence-corrected chi connectivity index (χ0v) is 15.5. The summed E-state index contributed by atoms with van der Waals surface area (Å²) in [6.07, 6.45) is -3.69. The molecule has 8 heteroatoms. The fourth-order valence-electron chi connectivity index (χ4n) is 3.71. The maximum absolute atomic E-state index is 13.1. The molecule has 2 aliphatic rings. The van der Waals surface area contributed by atoms with E-state index in [1.807, 2.05) is 6.07 Å². The zero-order valence-electron chi connectivity index (χ0n) is 15.5. The van der Waals surface area contributed by atoms with Crippen molar-refractivity contribution in [3.05, 3.63) is 59.2 Å². The number of halogens is 3. The number of ether oxygens (including phenoxy) is 2. The molecule has 1 unspecified atom stereocenters. The van der Waals surface area contributed by atoms with Crippen LogP contribution in [0.25, 0.3) is 0 Å². The molecule has 2 heterocycles. The van der Waals surface area contributed by atoms with Crippen LogP contribution in [0.3, 0.4) is 0 Å². The topological polar surface area (TPSA) is 59.0 Å². The van der Waals surface area contributed by atoms with Gasteiger partial charge in [-0.3, -0.25) is 9.69 Å². The summed E-state index contributed by atoms with van der Waals surface area (Å²) < 4.78 is 50.7. The summed E-state index contributed by atoms with van der Waals surface area (Å²) in [6, 6.07) is 10.7. The molecule has 0 bridgehead atoms. The summed E-state index contributed by atoms with van der Waals surface area (Å²) in [4.78, 5) is 13.0. The van der Waals surface area contributed by atoms with Gasteiger partial charge in [0.2, 0.25) is 0 Å². The van der Waals surface area contributed by atoms with Crippen molar-refractivity contribution in [2.75, 3.05) is 19.7 Å². The quantitative estimate of drug-likeness (QED) is 0.821. The Bertz CT molecular complexity index is 909. The van der Waals surface area contributed by atoms with Crippen molar-refractivity contribution in [1.82, 2.24) is 4.90 Å². The number of nitrogens with zero attached hydrogens (tertiary/aromatic N) is 1. The third-order valence-corrected chi connectivity index (χ3v) is 5.42. The highest BCUT2D eigenvalue weighted by Gasteiger charge is 2.38. The molecule has 1 fully saturated rings. The number of hydrogen-bond acceptors (Lipinski definition) is 4. The van der Waals surface area contributed by atoms with Gasteiger partial charge in [0.05, 0.1) is 11.5 Å². The van der Waals surface area contributed by atoms with Gasteiger partial charge < -0.3 is 14.6 Å². The van der Waals surface area contributed by atoms with Crippen LogP contribution in [-0.4, -0.2) is 41.7 Å². The molecule has 0 radical (unpaired) electrons. The monoisotopic (exact) mass is 407 g/mol. The highest BCUT2D eigenvalue weighted by Crippen LogP contribution is 2.34. The molecule has 2 aromatic rings. The van der Waals surface area contributed by atoms with Crippen LogP contribution in [0.4, 0.5) is 13.2 Å². The van der Waals surface area contributed by atoms with Crippen LogP contribution in [0.2, 0.25) is 0 Å². The Morgan fingerprint density at radius 1 is 1.21 bits per heavy atom. The van der Waals surface area contributed by atoms with E-state index in [4.69, 9.17) is 14.6 Å². The number of hydrogen-bond donors (Lipinski definition) is 1. The molecule has 29 heavy (non-hydrogen) atoms. The van der Waals surface area contributed by atoms with Crippen molar-refractivity contribution in [2.24, 2.45) is 5.92 Å². The van der Waals surface area contributed by atoms with Gasteiger partial charge in [0.15, 0.2) is 0 Å². The number of carboxylic acids is 1. The second kappa shape index (κ2) is 7.59. The molecule has 5 nitrogen and oxygen atoms in total. The van der Waals surface area contributed by atoms with Crippen molar-refractivity contribution < 1.29 is 32.5 Å². The van der Waals surface area contributed by atoms with Gasteiger partial charge in [-0.25, -0.2) is 0 Å². The molecule has 0 spiro atoms. The van der Waals surface area contributed by atoms with Crippen molar-refractivity contribution in [3.8, 4) is 11.5 Å². The number of aliphatic carboxylic acids is 1. The smallest absolute Gasteiger partial charge is 0.416 e. The minimum atomic E-state index is -4.43. The molecule has 1 atom stereocenters. The van der Waals surface area contributed by atoms with Crippen LogP contribution in [0.1, 0.15) is 16.7 Å². The molecule has 1 saturated heterocycles. The predicted molar refractivity (Wildman–Crippen MR) is 97.9 cm³/mol. The molecule has 2 aromatic carbocycles. The standard InChI is InChI=1S/C21H20F3NO4/c22-21(23,24)18-4-2-1-3-14(18)11-28-17-6-5-13-7-16(12-29-19(13)8-17)25-9-15(10-25)20(26)27/h1-6,8,15-16H,7,9-12H2,(H,26,27). The van der Waals surface area contributed by atoms with E-state index in [9.17, 15) is 18.0 Å². The van der Waals surface area contributed by atoms with Crippen molar-refractivity contribution in [2.45, 2.75) is 25.2 Å². The SMILES string of the molecule is O=C(O)C1CN(C2COc3cc(OCc4ccccc4C(F)(F)F)ccc3C2)C1. The highest BCUT2D eigenvalue weighted by atomic mass is 19.4. The van der Waals surface area contributed by atoms with Crippen LogP contribution in [0.5, 0.6) is 11.5 Å². The van der Waals surface area contributed by atoms with Crippen molar-refractivity contribution >= 4 is 5.97 Å². The van der Waals surface area contributed by atoms with E-state index in [-0.39, 0.29) is 24.1 Å². The third kappa shape index (κ3) is 4.17. The summed E-state index contributed by atoms with van der Waals surface area (Å²) in [5.74, 6) is 0.00578. The first-order valence-electron chi connectivity index (χ1n) is 9.32. The van der Waals surface area contributed by atoms with Crippen molar-refractivity contribution in [3.63, 3.8) is 0 Å². The first-order valence-corrected chi connectivity index (χ1v) is 9.32. The van der Waals surface area contributed by atoms with E-state index < -0.39 is 17.7 Å². The number of rotatable bonds is 5. The number of alkyl halides is 3. The third-order valence-electron chi connectivity index (χ3n) is 5.42. The van der Waals surface area contributed by atoms with Crippen LogP contribution < -0.4 is 9.47 Å². The van der Waals surface area contributed by atoms with Gasteiger partial charge in [-0.1, -0.05) is 24.3 Å². The van der Waals surface area contributed by atoms with E-state index in [1.54, 1.807) is 18.2 Å². The summed E-state index contributed by atoms with van der Waals surface area (Å²) >= 11 is 0. The second-order valence-electron chi connectivity index (χ2n) is 7.37. The molecule has 0 aromatic heterocycles. The Kier molecular flexibility index (Phi) is 5.12. The largest absolute Gasteiger partial charge is 0.492 e. The fraction of sp³-hybridized carbons (Fsp3) is 0.381. The molecular weight excluding hydrogens is 387 g/mol. The molecule has 1 N–H and O–H groups in total. The lowest BCUT2D eigenvalue weighted by Gasteiger charge is -2.43. The number of carboxylic acid groups (broad SMARTS) is 1. The number of likely N-dealkylation sites (tertiary alicyclic amines) is 1. The Morgan fingerprint density at radius 2 is 1.97 bits per heavy atom. The van der Waals surface area contributed by atoms with E-state index in [1.165, 1.54) is 12.1 Å². The van der Waals surface area contributed by atoms with E-state index in [2.05, 4.69) is 4.90 Å². The number of benzene rings is 2. The summed E-state index contributed by atoms with van der Waals surface area (Å²) in [5, 5.41) is 9.00. The highest BCUT2D eigenvalue weighted by molar-refractivity contribution is 5.71. The minimum absolute atomic E-state index is 0.0736. The second-order valence-corrected chi connectivity index (χ2v) is 7.37. The van der Waals surface area contributed by atoms with Crippen LogP contribution in [0, 0.1) is 5.92 Å². The average molecular weight is 407 g/mol. The Balaban J connectivity index is 1.39. The molecule has 0 saturated carbocycles. The molecule has 154 valence electrons. The van der Waals surface area contributed by atoms with Crippen molar-refractivity contribution in [1.29, 1.82) is 0 Å². The van der Waals surface area contributed by atoms with Gasteiger partial charge >= 0.3 is 12.1 Å². The zero-order chi connectivity index (χ0) is 20.6. The first kappa shape index (κ1) is 19.6. The fourth-order valence-corrected chi connectivity index (χ4v) is 3.71. The van der Waals surface area contributed by atoms with Crippen LogP contribution >= 0.6 is 0 Å². The lowest BCUT2D eigenvalue weighted by Crippen LogP contribution is -2.57. The van der Waals surface area contributed by atoms with Gasteiger partial charge in [0.1, 0.15) is 24.7 Å². The molecule has 0 amide bonds. The van der Waals surface area contributed by atoms with E-state index in [0.717, 1.165) is 18.1 Å². The summed E-state index contributed by atoms with van der Waals surface area (Å²) in [5.41, 5.74) is 0.346. The molecule has 0 aliphatic carbocycles.